The van der Waals surface area contributed by atoms with E-state index in [0.717, 1.165) is 11.9 Å². The van der Waals surface area contributed by atoms with E-state index in [0.29, 0.717) is 5.15 Å². The van der Waals surface area contributed by atoms with Crippen LogP contribution in [-0.2, 0) is 6.54 Å². The van der Waals surface area contributed by atoms with E-state index in [2.05, 4.69) is 21.0 Å². The van der Waals surface area contributed by atoms with Gasteiger partial charge in [-0.15, -0.1) is 0 Å². The van der Waals surface area contributed by atoms with Crippen LogP contribution in [0.15, 0.2) is 12.3 Å². The average molecular weight is 209 g/mol. The summed E-state index contributed by atoms with van der Waals surface area (Å²) in [6.45, 7) is 0.868. The van der Waals surface area contributed by atoms with Crippen LogP contribution in [0.4, 0.5) is 0 Å². The molecule has 0 spiro atoms. The van der Waals surface area contributed by atoms with Gasteiger partial charge >= 0.3 is 0 Å². The van der Waals surface area contributed by atoms with Crippen molar-refractivity contribution in [3.05, 3.63) is 17.4 Å². The quantitative estimate of drug-likeness (QED) is 0.681. The molecule has 0 fully saturated rings. The molecule has 0 aliphatic heterocycles. The Morgan fingerprint density at radius 1 is 1.78 bits per heavy atom. The van der Waals surface area contributed by atoms with Crippen LogP contribution >= 0.6 is 27.5 Å². The predicted octanol–water partition coefficient (Wildman–Crippen LogP) is 1.93. The number of hydrogen-bond acceptors (Lipinski definition) is 1. The van der Waals surface area contributed by atoms with E-state index in [9.17, 15) is 0 Å². The first-order valence-corrected chi connectivity index (χ1v) is 4.08. The summed E-state index contributed by atoms with van der Waals surface area (Å²) < 4.78 is 1.79. The van der Waals surface area contributed by atoms with Crippen LogP contribution in [0.1, 0.15) is 0 Å². The van der Waals surface area contributed by atoms with Crippen LogP contribution in [0.3, 0.4) is 0 Å². The maximum atomic E-state index is 5.55. The van der Waals surface area contributed by atoms with E-state index in [1.165, 1.54) is 0 Å². The first kappa shape index (κ1) is 7.09. The Bertz CT molecular complexity index is 187. The van der Waals surface area contributed by atoms with Crippen molar-refractivity contribution >= 4 is 27.5 Å². The lowest BCUT2D eigenvalue weighted by atomic mass is 10.7. The Morgan fingerprint density at radius 3 is 3.00 bits per heavy atom. The fraction of sp³-hybridized carbons (Fsp3) is 0.400. The largest absolute Gasteiger partial charge is 0.270 e. The SMILES string of the molecule is Clc1ccn(CCBr)n1. The molecule has 0 aliphatic carbocycles. The number of nitrogens with zero attached hydrogens (tertiary/aromatic N) is 2. The third-order valence-corrected chi connectivity index (χ3v) is 1.48. The normalized spacial score (nSPS) is 10.0. The number of alkyl halides is 1. The van der Waals surface area contributed by atoms with Crippen molar-refractivity contribution in [1.29, 1.82) is 0 Å². The molecule has 1 aromatic rings. The molecule has 0 amide bonds. The van der Waals surface area contributed by atoms with Crippen molar-refractivity contribution in [2.24, 2.45) is 0 Å². The van der Waals surface area contributed by atoms with E-state index in [4.69, 9.17) is 11.6 Å². The Morgan fingerprint density at radius 2 is 2.56 bits per heavy atom. The summed E-state index contributed by atoms with van der Waals surface area (Å²) >= 11 is 8.84. The van der Waals surface area contributed by atoms with Gasteiger partial charge in [0.25, 0.3) is 0 Å². The molecule has 0 saturated carbocycles. The first-order chi connectivity index (χ1) is 4.33. The molecule has 0 unspecified atom stereocenters. The second-order valence-electron chi connectivity index (χ2n) is 1.59. The Kier molecular flexibility index (Phi) is 2.54. The number of halogens is 2. The molecule has 4 heteroatoms. The molecule has 1 aromatic heterocycles. The van der Waals surface area contributed by atoms with Crippen molar-refractivity contribution in [3.8, 4) is 0 Å². The van der Waals surface area contributed by atoms with Gasteiger partial charge in [0.1, 0.15) is 0 Å². The predicted molar refractivity (Wildman–Crippen MR) is 41.0 cm³/mol. The zero-order valence-electron chi connectivity index (χ0n) is 4.72. The van der Waals surface area contributed by atoms with Crippen molar-refractivity contribution < 1.29 is 0 Å². The zero-order chi connectivity index (χ0) is 6.69. The summed E-state index contributed by atoms with van der Waals surface area (Å²) in [4.78, 5) is 0. The minimum absolute atomic E-state index is 0.552. The first-order valence-electron chi connectivity index (χ1n) is 2.58. The average Bonchev–Trinajstić information content (AvgIpc) is 2.17. The Balaban J connectivity index is 2.61. The molecule has 9 heavy (non-hydrogen) atoms. The molecule has 0 radical (unpaired) electrons. The summed E-state index contributed by atoms with van der Waals surface area (Å²) in [6.07, 6.45) is 1.85. The Hall–Kier alpha value is -0.0200. The fourth-order valence-corrected chi connectivity index (χ4v) is 1.06. The van der Waals surface area contributed by atoms with Crippen LogP contribution in [0, 0.1) is 0 Å². The summed E-state index contributed by atoms with van der Waals surface area (Å²) in [5.74, 6) is 0. The summed E-state index contributed by atoms with van der Waals surface area (Å²) in [7, 11) is 0. The van der Waals surface area contributed by atoms with Crippen molar-refractivity contribution in [2.75, 3.05) is 5.33 Å². The van der Waals surface area contributed by atoms with Crippen LogP contribution < -0.4 is 0 Å². The van der Waals surface area contributed by atoms with Gasteiger partial charge < -0.3 is 0 Å². The highest BCUT2D eigenvalue weighted by Crippen LogP contribution is 2.01. The maximum Gasteiger partial charge on any atom is 0.151 e. The molecular formula is C5H6BrClN2. The number of aryl methyl sites for hydroxylation is 1. The molecule has 0 saturated heterocycles. The molecular weight excluding hydrogens is 203 g/mol. The van der Waals surface area contributed by atoms with Gasteiger partial charge in [-0.25, -0.2) is 0 Å². The van der Waals surface area contributed by atoms with Crippen molar-refractivity contribution in [3.63, 3.8) is 0 Å². The van der Waals surface area contributed by atoms with Crippen molar-refractivity contribution in [1.82, 2.24) is 9.78 Å². The van der Waals surface area contributed by atoms with Gasteiger partial charge in [-0.1, -0.05) is 27.5 Å². The summed E-state index contributed by atoms with van der Waals surface area (Å²) in [5.41, 5.74) is 0. The summed E-state index contributed by atoms with van der Waals surface area (Å²) in [5, 5.41) is 5.41. The molecule has 1 rings (SSSR count). The third-order valence-electron chi connectivity index (χ3n) is 0.922. The monoisotopic (exact) mass is 208 g/mol. The van der Waals surface area contributed by atoms with Gasteiger partial charge in [0.15, 0.2) is 5.15 Å². The van der Waals surface area contributed by atoms with Crippen LogP contribution in [0.5, 0.6) is 0 Å². The summed E-state index contributed by atoms with van der Waals surface area (Å²) in [6, 6.07) is 1.77. The van der Waals surface area contributed by atoms with E-state index in [1.54, 1.807) is 10.7 Å². The highest BCUT2D eigenvalue weighted by molar-refractivity contribution is 9.09. The van der Waals surface area contributed by atoms with Crippen LogP contribution in [0.25, 0.3) is 0 Å². The maximum absolute atomic E-state index is 5.55. The van der Waals surface area contributed by atoms with Crippen molar-refractivity contribution in [2.45, 2.75) is 6.54 Å². The van der Waals surface area contributed by atoms with Gasteiger partial charge in [-0.3, -0.25) is 4.68 Å². The fourth-order valence-electron chi connectivity index (χ4n) is 0.548. The molecule has 2 nitrogen and oxygen atoms in total. The van der Waals surface area contributed by atoms with Gasteiger partial charge in [-0.2, -0.15) is 5.10 Å². The second kappa shape index (κ2) is 3.22. The molecule has 0 aromatic carbocycles. The van der Waals surface area contributed by atoms with E-state index >= 15 is 0 Å². The minimum atomic E-state index is 0.552. The lowest BCUT2D eigenvalue weighted by molar-refractivity contribution is 0.669. The topological polar surface area (TPSA) is 17.8 Å². The molecule has 0 aliphatic rings. The van der Waals surface area contributed by atoms with Gasteiger partial charge in [0.2, 0.25) is 0 Å². The van der Waals surface area contributed by atoms with Crippen LogP contribution in [-0.4, -0.2) is 15.1 Å². The lowest BCUT2D eigenvalue weighted by Gasteiger charge is -1.92. The number of aromatic nitrogens is 2. The standard InChI is InChI=1S/C5H6BrClN2/c6-2-4-9-3-1-5(7)8-9/h1,3H,2,4H2. The van der Waals surface area contributed by atoms with Gasteiger partial charge in [0.05, 0.1) is 6.54 Å². The lowest BCUT2D eigenvalue weighted by Crippen LogP contribution is -1.98. The smallest absolute Gasteiger partial charge is 0.151 e. The van der Waals surface area contributed by atoms with Crippen LogP contribution in [0.2, 0.25) is 5.15 Å². The molecule has 50 valence electrons. The zero-order valence-corrected chi connectivity index (χ0v) is 7.06. The Labute approximate surface area is 66.9 Å². The minimum Gasteiger partial charge on any atom is -0.270 e. The van der Waals surface area contributed by atoms with E-state index in [1.807, 2.05) is 6.20 Å². The number of rotatable bonds is 2. The molecule has 0 N–H and O–H groups in total. The molecule has 0 bridgehead atoms. The molecule has 0 atom stereocenters. The third kappa shape index (κ3) is 1.99. The highest BCUT2D eigenvalue weighted by atomic mass is 79.9. The van der Waals surface area contributed by atoms with E-state index in [-0.39, 0.29) is 0 Å². The molecule has 1 heterocycles. The second-order valence-corrected chi connectivity index (χ2v) is 2.77. The number of hydrogen-bond donors (Lipinski definition) is 0. The van der Waals surface area contributed by atoms with E-state index < -0.39 is 0 Å². The highest BCUT2D eigenvalue weighted by Gasteiger charge is 1.91. The van der Waals surface area contributed by atoms with Gasteiger partial charge in [-0.05, 0) is 6.07 Å². The van der Waals surface area contributed by atoms with Gasteiger partial charge in [0, 0.05) is 11.5 Å².